The number of rotatable bonds is 5. The summed E-state index contributed by atoms with van der Waals surface area (Å²) in [6.07, 6.45) is 0.845. The van der Waals surface area contributed by atoms with E-state index in [1.807, 2.05) is 0 Å². The van der Waals surface area contributed by atoms with Gasteiger partial charge in [0.05, 0.1) is 18.8 Å². The maximum atomic E-state index is 13.5. The molecular weight excluding hydrogens is 330 g/mol. The van der Waals surface area contributed by atoms with Gasteiger partial charge in [0.15, 0.2) is 11.6 Å². The third kappa shape index (κ3) is 3.68. The summed E-state index contributed by atoms with van der Waals surface area (Å²) in [5, 5.41) is 0. The molecule has 2 aliphatic rings. The fourth-order valence-electron chi connectivity index (χ4n) is 3.98. The van der Waals surface area contributed by atoms with Crippen molar-refractivity contribution in [3.8, 4) is 0 Å². The van der Waals surface area contributed by atoms with E-state index in [4.69, 9.17) is 9.47 Å². The van der Waals surface area contributed by atoms with Crippen molar-refractivity contribution in [2.45, 2.75) is 18.6 Å². The van der Waals surface area contributed by atoms with Crippen molar-refractivity contribution in [1.82, 2.24) is 9.80 Å². The molecule has 1 aromatic carbocycles. The number of halogens is 2. The van der Waals surface area contributed by atoms with E-state index >= 15 is 0 Å². The maximum absolute atomic E-state index is 13.5. The van der Waals surface area contributed by atoms with Crippen LogP contribution in [0.25, 0.3) is 0 Å². The number of likely N-dealkylation sites (tertiary alicyclic amines) is 2. The Morgan fingerprint density at radius 1 is 1.24 bits per heavy atom. The average molecular weight is 354 g/mol. The van der Waals surface area contributed by atoms with Crippen molar-refractivity contribution in [1.29, 1.82) is 0 Å². The van der Waals surface area contributed by atoms with E-state index in [2.05, 4.69) is 4.90 Å². The van der Waals surface area contributed by atoms with Crippen LogP contribution in [0.3, 0.4) is 0 Å². The number of benzene rings is 1. The van der Waals surface area contributed by atoms with Gasteiger partial charge in [-0.3, -0.25) is 9.69 Å². The molecule has 7 heteroatoms. The number of carbonyl (C=O) groups is 1. The van der Waals surface area contributed by atoms with Crippen LogP contribution in [0.5, 0.6) is 0 Å². The molecule has 2 fully saturated rings. The van der Waals surface area contributed by atoms with Gasteiger partial charge < -0.3 is 14.4 Å². The van der Waals surface area contributed by atoms with Gasteiger partial charge in [-0.05, 0) is 24.6 Å². The van der Waals surface area contributed by atoms with Gasteiger partial charge in [0.2, 0.25) is 0 Å². The fourth-order valence-corrected chi connectivity index (χ4v) is 3.98. The molecule has 5 nitrogen and oxygen atoms in total. The molecule has 2 heterocycles. The number of carbonyl (C=O) groups excluding carboxylic acids is 1. The summed E-state index contributed by atoms with van der Waals surface area (Å²) in [7, 11) is 3.37. The van der Waals surface area contributed by atoms with E-state index in [0.717, 1.165) is 38.2 Å². The van der Waals surface area contributed by atoms with E-state index < -0.39 is 11.6 Å². The summed E-state index contributed by atoms with van der Waals surface area (Å²) >= 11 is 0. The summed E-state index contributed by atoms with van der Waals surface area (Å²) in [6, 6.07) is 3.33. The monoisotopic (exact) mass is 354 g/mol. The Hall–Kier alpha value is -1.57. The van der Waals surface area contributed by atoms with E-state index in [-0.39, 0.29) is 29.5 Å². The van der Waals surface area contributed by atoms with Crippen LogP contribution in [0.4, 0.5) is 8.78 Å². The Balaban J connectivity index is 1.79. The summed E-state index contributed by atoms with van der Waals surface area (Å²) < 4.78 is 37.4. The average Bonchev–Trinajstić information content (AvgIpc) is 3.05. The number of piperidine rings is 1. The molecule has 3 atom stereocenters. The molecule has 2 saturated heterocycles. The Bertz CT molecular complexity index is 628. The second-order valence-corrected chi connectivity index (χ2v) is 6.67. The number of ether oxygens (including phenoxy) is 2. The lowest BCUT2D eigenvalue weighted by molar-refractivity contribution is -0.0157. The van der Waals surface area contributed by atoms with E-state index in [0.29, 0.717) is 13.2 Å². The zero-order valence-corrected chi connectivity index (χ0v) is 14.6. The van der Waals surface area contributed by atoms with Crippen LogP contribution in [-0.4, -0.2) is 74.9 Å². The number of amides is 1. The third-order valence-corrected chi connectivity index (χ3v) is 5.28. The molecule has 1 amide bonds. The van der Waals surface area contributed by atoms with Crippen molar-refractivity contribution in [2.24, 2.45) is 5.92 Å². The molecule has 1 aromatic rings. The molecule has 3 rings (SSSR count). The normalized spacial score (nSPS) is 26.7. The second kappa shape index (κ2) is 7.76. The standard InChI is InChI=1S/C18H24F2N2O3/c1-24-8-7-21-10-13-16(11-21)22(6-5-17(13)25-2)18(23)12-3-4-14(19)15(20)9-12/h3-4,9,13,16-17H,5-8,10-11H2,1-2H3/t13-,16+,17-/m1/s1. The summed E-state index contributed by atoms with van der Waals surface area (Å²) in [5.41, 5.74) is 0.184. The summed E-state index contributed by atoms with van der Waals surface area (Å²) in [4.78, 5) is 16.9. The van der Waals surface area contributed by atoms with Crippen LogP contribution < -0.4 is 0 Å². The topological polar surface area (TPSA) is 42.0 Å². The molecule has 0 spiro atoms. The first-order valence-electron chi connectivity index (χ1n) is 8.55. The molecule has 25 heavy (non-hydrogen) atoms. The molecule has 0 aliphatic carbocycles. The highest BCUT2D eigenvalue weighted by Gasteiger charge is 2.46. The highest BCUT2D eigenvalue weighted by Crippen LogP contribution is 2.33. The lowest BCUT2D eigenvalue weighted by Gasteiger charge is -2.41. The number of methoxy groups -OCH3 is 2. The summed E-state index contributed by atoms with van der Waals surface area (Å²) in [6.45, 7) is 3.56. The molecule has 2 aliphatic heterocycles. The number of nitrogens with zero attached hydrogens (tertiary/aromatic N) is 2. The Kier molecular flexibility index (Phi) is 5.66. The highest BCUT2D eigenvalue weighted by atomic mass is 19.2. The van der Waals surface area contributed by atoms with E-state index in [1.54, 1.807) is 19.1 Å². The molecule has 0 bridgehead atoms. The van der Waals surface area contributed by atoms with Gasteiger partial charge in [-0.25, -0.2) is 8.78 Å². The van der Waals surface area contributed by atoms with E-state index in [9.17, 15) is 13.6 Å². The maximum Gasteiger partial charge on any atom is 0.254 e. The number of hydrogen-bond donors (Lipinski definition) is 0. The zero-order valence-electron chi connectivity index (χ0n) is 14.6. The van der Waals surface area contributed by atoms with Crippen LogP contribution in [0.2, 0.25) is 0 Å². The first-order chi connectivity index (χ1) is 12.0. The SMILES string of the molecule is COCCN1C[C@H]2[C@H](OC)CCN(C(=O)c3ccc(F)c(F)c3)[C@H]2C1. The van der Waals surface area contributed by atoms with Crippen molar-refractivity contribution in [2.75, 3.05) is 47.0 Å². The third-order valence-electron chi connectivity index (χ3n) is 5.28. The predicted octanol–water partition coefficient (Wildman–Crippen LogP) is 1.77. The minimum atomic E-state index is -0.998. The van der Waals surface area contributed by atoms with E-state index in [1.165, 1.54) is 6.07 Å². The quantitative estimate of drug-likeness (QED) is 0.808. The summed E-state index contributed by atoms with van der Waals surface area (Å²) in [5.74, 6) is -1.98. The van der Waals surface area contributed by atoms with Gasteiger partial charge >= 0.3 is 0 Å². The van der Waals surface area contributed by atoms with Gasteiger partial charge in [0.25, 0.3) is 5.91 Å². The first kappa shape index (κ1) is 18.2. The first-order valence-corrected chi connectivity index (χ1v) is 8.55. The molecular formula is C18H24F2N2O3. The molecule has 138 valence electrons. The van der Waals surface area contributed by atoms with Crippen LogP contribution in [0, 0.1) is 17.6 Å². The Morgan fingerprint density at radius 2 is 2.04 bits per heavy atom. The largest absolute Gasteiger partial charge is 0.383 e. The molecule has 0 unspecified atom stereocenters. The van der Waals surface area contributed by atoms with Gasteiger partial charge in [-0.2, -0.15) is 0 Å². The van der Waals surface area contributed by atoms with Crippen molar-refractivity contribution in [3.05, 3.63) is 35.4 Å². The number of fused-ring (bicyclic) bond motifs is 1. The van der Waals surface area contributed by atoms with Crippen LogP contribution >= 0.6 is 0 Å². The zero-order chi connectivity index (χ0) is 18.0. The Morgan fingerprint density at radius 3 is 2.72 bits per heavy atom. The van der Waals surface area contributed by atoms with Crippen LogP contribution in [-0.2, 0) is 9.47 Å². The highest BCUT2D eigenvalue weighted by molar-refractivity contribution is 5.94. The molecule has 0 radical (unpaired) electrons. The van der Waals surface area contributed by atoms with Gasteiger partial charge in [-0.1, -0.05) is 0 Å². The van der Waals surface area contributed by atoms with Crippen molar-refractivity contribution < 1.29 is 23.0 Å². The van der Waals surface area contributed by atoms with Crippen LogP contribution in [0.15, 0.2) is 18.2 Å². The molecule has 0 saturated carbocycles. The predicted molar refractivity (Wildman–Crippen MR) is 88.4 cm³/mol. The van der Waals surface area contributed by atoms with Gasteiger partial charge in [-0.15, -0.1) is 0 Å². The van der Waals surface area contributed by atoms with Gasteiger partial charge in [0.1, 0.15) is 0 Å². The minimum absolute atomic E-state index is 0.0103. The van der Waals surface area contributed by atoms with Crippen molar-refractivity contribution in [3.63, 3.8) is 0 Å². The molecule has 0 aromatic heterocycles. The molecule has 0 N–H and O–H groups in total. The second-order valence-electron chi connectivity index (χ2n) is 6.67. The smallest absolute Gasteiger partial charge is 0.254 e. The van der Waals surface area contributed by atoms with Crippen LogP contribution in [0.1, 0.15) is 16.8 Å². The lowest BCUT2D eigenvalue weighted by Crippen LogP contribution is -2.53. The minimum Gasteiger partial charge on any atom is -0.383 e. The number of hydrogen-bond acceptors (Lipinski definition) is 4. The fraction of sp³-hybridized carbons (Fsp3) is 0.611. The van der Waals surface area contributed by atoms with Gasteiger partial charge in [0, 0.05) is 51.9 Å². The lowest BCUT2D eigenvalue weighted by atomic mass is 9.88. The van der Waals surface area contributed by atoms with Crippen molar-refractivity contribution >= 4 is 5.91 Å². The Labute approximate surface area is 146 Å².